The van der Waals surface area contributed by atoms with Crippen LogP contribution in [0.4, 0.5) is 0 Å². The highest BCUT2D eigenvalue weighted by Crippen LogP contribution is 2.21. The lowest BCUT2D eigenvalue weighted by molar-refractivity contribution is 0.414. The van der Waals surface area contributed by atoms with Crippen LogP contribution < -0.4 is 4.74 Å². The zero-order valence-electron chi connectivity index (χ0n) is 12.9. The molecule has 3 aromatic rings. The zero-order valence-corrected chi connectivity index (χ0v) is 14.5. The molecule has 0 unspecified atom stereocenters. The second kappa shape index (κ2) is 6.33. The number of hydrogen-bond acceptors (Lipinski definition) is 5. The Bertz CT molecular complexity index is 867. The minimum absolute atomic E-state index is 0.529. The van der Waals surface area contributed by atoms with E-state index in [0.717, 1.165) is 27.2 Å². The molecule has 0 aliphatic carbocycles. The van der Waals surface area contributed by atoms with Crippen LogP contribution in [-0.4, -0.2) is 38.0 Å². The van der Waals surface area contributed by atoms with E-state index in [0.29, 0.717) is 5.95 Å². The number of nitrogens with zero attached hydrogens (tertiary/aromatic N) is 6. The van der Waals surface area contributed by atoms with Crippen molar-refractivity contribution in [3.63, 3.8) is 0 Å². The Morgan fingerprint density at radius 3 is 2.78 bits per heavy atom. The van der Waals surface area contributed by atoms with E-state index in [1.807, 2.05) is 38.1 Å². The van der Waals surface area contributed by atoms with Gasteiger partial charge in [-0.3, -0.25) is 0 Å². The number of ether oxygens (including phenoxy) is 1. The first-order valence-corrected chi connectivity index (χ1v) is 7.69. The molecule has 0 fully saturated rings. The van der Waals surface area contributed by atoms with Gasteiger partial charge in [0.25, 0.3) is 5.95 Å². The van der Waals surface area contributed by atoms with Crippen LogP contribution in [0.1, 0.15) is 17.0 Å². The third-order valence-corrected chi connectivity index (χ3v) is 3.72. The van der Waals surface area contributed by atoms with E-state index in [1.165, 1.54) is 6.33 Å². The van der Waals surface area contributed by atoms with Gasteiger partial charge in [-0.05, 0) is 38.1 Å². The molecule has 2 aromatic heterocycles. The third kappa shape index (κ3) is 3.16. The van der Waals surface area contributed by atoms with Gasteiger partial charge < -0.3 is 4.74 Å². The van der Waals surface area contributed by atoms with Crippen LogP contribution in [0.5, 0.6) is 5.75 Å². The minimum atomic E-state index is 0.529. The molecule has 0 saturated carbocycles. The number of benzene rings is 1. The molecule has 0 N–H and O–H groups in total. The molecule has 0 bridgehead atoms. The minimum Gasteiger partial charge on any atom is -0.496 e. The molecule has 1 aromatic carbocycles. The molecule has 0 radical (unpaired) electrons. The van der Waals surface area contributed by atoms with Crippen molar-refractivity contribution in [1.29, 1.82) is 0 Å². The van der Waals surface area contributed by atoms with Gasteiger partial charge in [-0.25, -0.2) is 4.68 Å². The number of halogens is 1. The van der Waals surface area contributed by atoms with Gasteiger partial charge >= 0.3 is 0 Å². The molecule has 7 nitrogen and oxygen atoms in total. The van der Waals surface area contributed by atoms with Crippen LogP contribution in [0.15, 0.2) is 40.2 Å². The first-order chi connectivity index (χ1) is 11.1. The van der Waals surface area contributed by atoms with Crippen LogP contribution in [0, 0.1) is 13.8 Å². The third-order valence-electron chi connectivity index (χ3n) is 3.23. The summed E-state index contributed by atoms with van der Waals surface area (Å²) in [5.74, 6) is 1.26. The Kier molecular flexibility index (Phi) is 4.24. The predicted octanol–water partition coefficient (Wildman–Crippen LogP) is 2.73. The van der Waals surface area contributed by atoms with Crippen molar-refractivity contribution < 1.29 is 4.74 Å². The van der Waals surface area contributed by atoms with Crippen LogP contribution in [0.2, 0.25) is 0 Å². The van der Waals surface area contributed by atoms with Crippen molar-refractivity contribution in [3.05, 3.63) is 52.0 Å². The standard InChI is InChI=1S/C15H15BrN6O/c1-10-6-11(2)22(20-10)15-19-17-9-21(15)18-8-12-7-13(16)4-5-14(12)23-3/h4-9H,1-3H3/b18-8-. The summed E-state index contributed by atoms with van der Waals surface area (Å²) in [7, 11) is 1.63. The zero-order chi connectivity index (χ0) is 16.4. The highest BCUT2D eigenvalue weighted by Gasteiger charge is 2.10. The summed E-state index contributed by atoms with van der Waals surface area (Å²) in [6, 6.07) is 7.69. The molecule has 0 amide bonds. The molecular formula is C15H15BrN6O. The van der Waals surface area contributed by atoms with Gasteiger partial charge in [0.1, 0.15) is 12.1 Å². The molecule has 0 aliphatic heterocycles. The van der Waals surface area contributed by atoms with Gasteiger partial charge in [-0.1, -0.05) is 15.9 Å². The maximum Gasteiger partial charge on any atom is 0.273 e. The first kappa shape index (κ1) is 15.4. The first-order valence-electron chi connectivity index (χ1n) is 6.90. The van der Waals surface area contributed by atoms with Crippen LogP contribution in [-0.2, 0) is 0 Å². The lowest BCUT2D eigenvalue weighted by Gasteiger charge is -2.05. The van der Waals surface area contributed by atoms with E-state index in [9.17, 15) is 0 Å². The van der Waals surface area contributed by atoms with Gasteiger partial charge in [-0.2, -0.15) is 14.9 Å². The predicted molar refractivity (Wildman–Crippen MR) is 90.3 cm³/mol. The molecule has 118 valence electrons. The molecular weight excluding hydrogens is 360 g/mol. The maximum atomic E-state index is 5.34. The summed E-state index contributed by atoms with van der Waals surface area (Å²) >= 11 is 3.44. The summed E-state index contributed by atoms with van der Waals surface area (Å²) in [5, 5.41) is 16.8. The van der Waals surface area contributed by atoms with Crippen LogP contribution in [0.25, 0.3) is 5.95 Å². The number of aromatic nitrogens is 5. The fraction of sp³-hybridized carbons (Fsp3) is 0.200. The summed E-state index contributed by atoms with van der Waals surface area (Å²) in [6.07, 6.45) is 3.23. The molecule has 0 aliphatic rings. The monoisotopic (exact) mass is 374 g/mol. The Morgan fingerprint density at radius 2 is 2.09 bits per heavy atom. The average molecular weight is 375 g/mol. The summed E-state index contributed by atoms with van der Waals surface area (Å²) in [5.41, 5.74) is 2.72. The largest absolute Gasteiger partial charge is 0.496 e. The fourth-order valence-corrected chi connectivity index (χ4v) is 2.59. The molecule has 2 heterocycles. The van der Waals surface area contributed by atoms with Crippen molar-refractivity contribution in [1.82, 2.24) is 24.7 Å². The quantitative estimate of drug-likeness (QED) is 0.658. The Labute approximate surface area is 141 Å². The number of hydrogen-bond donors (Lipinski definition) is 0. The van der Waals surface area contributed by atoms with Crippen molar-refractivity contribution in [2.45, 2.75) is 13.8 Å². The van der Waals surface area contributed by atoms with E-state index in [2.05, 4.69) is 36.3 Å². The lowest BCUT2D eigenvalue weighted by atomic mass is 10.2. The van der Waals surface area contributed by atoms with Crippen LogP contribution >= 0.6 is 15.9 Å². The van der Waals surface area contributed by atoms with Crippen molar-refractivity contribution in [2.24, 2.45) is 5.10 Å². The number of rotatable bonds is 4. The highest BCUT2D eigenvalue weighted by atomic mass is 79.9. The molecule has 3 rings (SSSR count). The maximum absolute atomic E-state index is 5.34. The van der Waals surface area contributed by atoms with Gasteiger partial charge in [0.15, 0.2) is 0 Å². The van der Waals surface area contributed by atoms with E-state index in [1.54, 1.807) is 22.7 Å². The summed E-state index contributed by atoms with van der Waals surface area (Å²) < 4.78 is 9.56. The Hall–Kier alpha value is -2.48. The molecule has 0 saturated heterocycles. The van der Waals surface area contributed by atoms with E-state index in [-0.39, 0.29) is 0 Å². The Balaban J connectivity index is 1.98. The fourth-order valence-electron chi connectivity index (χ4n) is 2.21. The molecule has 0 spiro atoms. The molecule has 0 atom stereocenters. The highest BCUT2D eigenvalue weighted by molar-refractivity contribution is 9.10. The van der Waals surface area contributed by atoms with E-state index in [4.69, 9.17) is 4.74 Å². The number of methoxy groups -OCH3 is 1. The van der Waals surface area contributed by atoms with Gasteiger partial charge in [0.2, 0.25) is 0 Å². The lowest BCUT2D eigenvalue weighted by Crippen LogP contribution is -2.06. The number of aryl methyl sites for hydroxylation is 2. The summed E-state index contributed by atoms with van der Waals surface area (Å²) in [4.78, 5) is 0. The molecule has 23 heavy (non-hydrogen) atoms. The Morgan fingerprint density at radius 1 is 1.26 bits per heavy atom. The van der Waals surface area contributed by atoms with Crippen LogP contribution in [0.3, 0.4) is 0 Å². The normalized spacial score (nSPS) is 11.3. The van der Waals surface area contributed by atoms with Crippen molar-refractivity contribution >= 4 is 22.1 Å². The topological polar surface area (TPSA) is 70.1 Å². The van der Waals surface area contributed by atoms with Gasteiger partial charge in [-0.15, -0.1) is 10.2 Å². The smallest absolute Gasteiger partial charge is 0.273 e. The average Bonchev–Trinajstić information content (AvgIpc) is 3.11. The summed E-state index contributed by atoms with van der Waals surface area (Å²) in [6.45, 7) is 3.89. The SMILES string of the molecule is COc1ccc(Br)cc1/C=N\n1cnnc1-n1nc(C)cc1C. The van der Waals surface area contributed by atoms with Gasteiger partial charge in [0.05, 0.1) is 19.0 Å². The van der Waals surface area contributed by atoms with Crippen molar-refractivity contribution in [3.8, 4) is 11.7 Å². The van der Waals surface area contributed by atoms with E-state index < -0.39 is 0 Å². The molecule has 8 heteroatoms. The van der Waals surface area contributed by atoms with E-state index >= 15 is 0 Å². The second-order valence-electron chi connectivity index (χ2n) is 4.95. The second-order valence-corrected chi connectivity index (χ2v) is 5.86. The van der Waals surface area contributed by atoms with Gasteiger partial charge in [0, 0.05) is 15.7 Å². The van der Waals surface area contributed by atoms with Crippen molar-refractivity contribution in [2.75, 3.05) is 7.11 Å².